The number of benzene rings is 1. The molecule has 2 N–H and O–H groups in total. The van der Waals surface area contributed by atoms with E-state index in [9.17, 15) is 9.59 Å². The molecule has 0 aliphatic heterocycles. The van der Waals surface area contributed by atoms with Crippen LogP contribution < -0.4 is 0 Å². The lowest BCUT2D eigenvalue weighted by Gasteiger charge is -2.00. The minimum absolute atomic E-state index is 0.113. The van der Waals surface area contributed by atoms with Crippen molar-refractivity contribution in [3.63, 3.8) is 0 Å². The van der Waals surface area contributed by atoms with E-state index in [2.05, 4.69) is 9.99 Å². The van der Waals surface area contributed by atoms with E-state index in [0.717, 1.165) is 6.07 Å². The van der Waals surface area contributed by atoms with Crippen LogP contribution in [0.4, 0.5) is 0 Å². The van der Waals surface area contributed by atoms with Crippen molar-refractivity contribution >= 4 is 18.2 Å². The molecule has 84 valence electrons. The molecule has 1 aromatic rings. The van der Waals surface area contributed by atoms with Crippen molar-refractivity contribution in [2.75, 3.05) is 7.11 Å². The largest absolute Gasteiger partial charge is 0.478 e. The zero-order valence-electron chi connectivity index (χ0n) is 8.38. The van der Waals surface area contributed by atoms with Gasteiger partial charge in [-0.3, -0.25) is 0 Å². The van der Waals surface area contributed by atoms with Gasteiger partial charge in [-0.25, -0.2) is 9.59 Å². The lowest BCUT2D eigenvalue weighted by molar-refractivity contribution is 0.0696. The van der Waals surface area contributed by atoms with Gasteiger partial charge < -0.3 is 15.1 Å². The molecular weight excluding hydrogens is 214 g/mol. The number of carboxylic acids is 2. The fourth-order valence-electron chi connectivity index (χ4n) is 1.09. The number of carbonyl (C=O) groups is 2. The zero-order chi connectivity index (χ0) is 12.1. The van der Waals surface area contributed by atoms with Crippen molar-refractivity contribution in [1.82, 2.24) is 0 Å². The maximum absolute atomic E-state index is 10.7. The lowest BCUT2D eigenvalue weighted by Crippen LogP contribution is -2.04. The quantitative estimate of drug-likeness (QED) is 0.587. The Morgan fingerprint density at radius 1 is 1.19 bits per heavy atom. The fraction of sp³-hybridized carbons (Fsp3) is 0.100. The SMILES string of the molecule is CON=Cc1cc(C(=O)O)cc(C(=O)O)c1. The van der Waals surface area contributed by atoms with E-state index in [1.54, 1.807) is 0 Å². The molecule has 0 unspecified atom stereocenters. The molecule has 0 atom stereocenters. The molecule has 0 aromatic heterocycles. The molecule has 0 saturated heterocycles. The van der Waals surface area contributed by atoms with Gasteiger partial charge in [-0.2, -0.15) is 0 Å². The molecule has 1 aromatic carbocycles. The smallest absolute Gasteiger partial charge is 0.335 e. The van der Waals surface area contributed by atoms with Crippen molar-refractivity contribution in [3.8, 4) is 0 Å². The maximum atomic E-state index is 10.7. The molecule has 0 saturated carbocycles. The van der Waals surface area contributed by atoms with Crippen molar-refractivity contribution in [2.45, 2.75) is 0 Å². The lowest BCUT2D eigenvalue weighted by atomic mass is 10.1. The van der Waals surface area contributed by atoms with E-state index in [1.165, 1.54) is 25.5 Å². The second kappa shape index (κ2) is 4.92. The number of nitrogens with zero attached hydrogens (tertiary/aromatic N) is 1. The fourth-order valence-corrected chi connectivity index (χ4v) is 1.09. The van der Waals surface area contributed by atoms with Gasteiger partial charge in [0.05, 0.1) is 17.3 Å². The molecule has 6 heteroatoms. The summed E-state index contributed by atoms with van der Waals surface area (Å²) in [6, 6.07) is 3.68. The van der Waals surface area contributed by atoms with Crippen LogP contribution in [0.3, 0.4) is 0 Å². The monoisotopic (exact) mass is 223 g/mol. The van der Waals surface area contributed by atoms with Crippen molar-refractivity contribution in [2.24, 2.45) is 5.16 Å². The molecule has 0 spiro atoms. The first-order valence-electron chi connectivity index (χ1n) is 4.23. The summed E-state index contributed by atoms with van der Waals surface area (Å²) in [6.45, 7) is 0. The minimum Gasteiger partial charge on any atom is -0.478 e. The van der Waals surface area contributed by atoms with Gasteiger partial charge >= 0.3 is 11.9 Å². The highest BCUT2D eigenvalue weighted by molar-refractivity contribution is 5.97. The number of hydrogen-bond donors (Lipinski definition) is 2. The predicted molar refractivity (Wildman–Crippen MR) is 55.0 cm³/mol. The van der Waals surface area contributed by atoms with Crippen LogP contribution in [-0.4, -0.2) is 35.5 Å². The molecular formula is C10H9NO5. The standard InChI is InChI=1S/C10H9NO5/c1-16-11-5-6-2-7(9(12)13)4-8(3-6)10(14)15/h2-5H,1H3,(H,12,13)(H,14,15). The average Bonchev–Trinajstić information content (AvgIpc) is 2.25. The summed E-state index contributed by atoms with van der Waals surface area (Å²) in [5.74, 6) is -2.40. The number of rotatable bonds is 4. The van der Waals surface area contributed by atoms with Crippen LogP contribution in [0.5, 0.6) is 0 Å². The number of oxime groups is 1. The second-order valence-corrected chi connectivity index (χ2v) is 2.87. The molecule has 0 amide bonds. The van der Waals surface area contributed by atoms with E-state index in [1.807, 2.05) is 0 Å². The Morgan fingerprint density at radius 3 is 2.06 bits per heavy atom. The van der Waals surface area contributed by atoms with E-state index in [4.69, 9.17) is 10.2 Å². The van der Waals surface area contributed by atoms with Gasteiger partial charge in [-0.05, 0) is 23.8 Å². The summed E-state index contributed by atoms with van der Waals surface area (Å²) in [4.78, 5) is 25.9. The Bertz CT molecular complexity index is 420. The first kappa shape index (κ1) is 11.7. The van der Waals surface area contributed by atoms with Crippen LogP contribution in [-0.2, 0) is 4.84 Å². The Hall–Kier alpha value is -2.37. The highest BCUT2D eigenvalue weighted by atomic mass is 16.6. The average molecular weight is 223 g/mol. The van der Waals surface area contributed by atoms with Gasteiger partial charge in [-0.15, -0.1) is 0 Å². The van der Waals surface area contributed by atoms with Crippen LogP contribution in [0.2, 0.25) is 0 Å². The molecule has 0 aliphatic rings. The number of aromatic carboxylic acids is 2. The van der Waals surface area contributed by atoms with Gasteiger partial charge in [-0.1, -0.05) is 5.16 Å². The molecule has 0 fully saturated rings. The maximum Gasteiger partial charge on any atom is 0.335 e. The van der Waals surface area contributed by atoms with E-state index in [-0.39, 0.29) is 11.1 Å². The third-order valence-corrected chi connectivity index (χ3v) is 1.76. The Kier molecular flexibility index (Phi) is 3.60. The summed E-state index contributed by atoms with van der Waals surface area (Å²) in [7, 11) is 1.33. The molecule has 0 bridgehead atoms. The first-order valence-corrected chi connectivity index (χ1v) is 4.23. The molecule has 0 heterocycles. The van der Waals surface area contributed by atoms with Crippen LogP contribution in [0, 0.1) is 0 Å². The summed E-state index contributed by atoms with van der Waals surface area (Å²) >= 11 is 0. The van der Waals surface area contributed by atoms with Crippen LogP contribution in [0.1, 0.15) is 26.3 Å². The number of carboxylic acid groups (broad SMARTS) is 2. The van der Waals surface area contributed by atoms with Crippen LogP contribution >= 0.6 is 0 Å². The van der Waals surface area contributed by atoms with E-state index in [0.29, 0.717) is 5.56 Å². The number of hydrogen-bond acceptors (Lipinski definition) is 4. The molecule has 0 aliphatic carbocycles. The molecule has 16 heavy (non-hydrogen) atoms. The summed E-state index contributed by atoms with van der Waals surface area (Å²) in [5, 5.41) is 21.0. The van der Waals surface area contributed by atoms with Gasteiger partial charge in [0, 0.05) is 0 Å². The molecule has 0 radical (unpaired) electrons. The van der Waals surface area contributed by atoms with Crippen molar-refractivity contribution < 1.29 is 24.6 Å². The van der Waals surface area contributed by atoms with E-state index >= 15 is 0 Å². The third-order valence-electron chi connectivity index (χ3n) is 1.76. The summed E-state index contributed by atoms with van der Waals surface area (Å²) < 4.78 is 0. The van der Waals surface area contributed by atoms with Gasteiger partial charge in [0.2, 0.25) is 0 Å². The normalized spacial score (nSPS) is 10.3. The summed E-state index contributed by atoms with van der Waals surface area (Å²) in [5.41, 5.74) is 0.119. The van der Waals surface area contributed by atoms with Crippen LogP contribution in [0.25, 0.3) is 0 Å². The Balaban J connectivity index is 3.24. The highest BCUT2D eigenvalue weighted by Gasteiger charge is 2.10. The van der Waals surface area contributed by atoms with Gasteiger partial charge in [0.15, 0.2) is 0 Å². The Morgan fingerprint density at radius 2 is 1.69 bits per heavy atom. The highest BCUT2D eigenvalue weighted by Crippen LogP contribution is 2.09. The molecule has 1 rings (SSSR count). The van der Waals surface area contributed by atoms with E-state index < -0.39 is 11.9 Å². The van der Waals surface area contributed by atoms with Crippen LogP contribution in [0.15, 0.2) is 23.4 Å². The second-order valence-electron chi connectivity index (χ2n) is 2.87. The van der Waals surface area contributed by atoms with Gasteiger partial charge in [0.1, 0.15) is 7.11 Å². The predicted octanol–water partition coefficient (Wildman–Crippen LogP) is 1.06. The van der Waals surface area contributed by atoms with Crippen molar-refractivity contribution in [3.05, 3.63) is 34.9 Å². The minimum atomic E-state index is -1.20. The summed E-state index contributed by atoms with van der Waals surface area (Å²) in [6.07, 6.45) is 1.23. The third kappa shape index (κ3) is 2.81. The Labute approximate surface area is 90.8 Å². The van der Waals surface area contributed by atoms with Crippen molar-refractivity contribution in [1.29, 1.82) is 0 Å². The molecule has 6 nitrogen and oxygen atoms in total. The van der Waals surface area contributed by atoms with Gasteiger partial charge in [0.25, 0.3) is 0 Å². The zero-order valence-corrected chi connectivity index (χ0v) is 8.38. The topological polar surface area (TPSA) is 96.2 Å². The first-order chi connectivity index (χ1) is 7.54.